The molecule has 0 saturated carbocycles. The minimum absolute atomic E-state index is 0.261. The van der Waals surface area contributed by atoms with E-state index in [4.69, 9.17) is 16.3 Å². The first-order valence-corrected chi connectivity index (χ1v) is 9.46. The second-order valence-electron chi connectivity index (χ2n) is 6.87. The third-order valence-corrected chi connectivity index (χ3v) is 5.44. The first kappa shape index (κ1) is 20.7. The lowest BCUT2D eigenvalue weighted by Crippen LogP contribution is -2.24. The lowest BCUT2D eigenvalue weighted by atomic mass is 10.1. The summed E-state index contributed by atoms with van der Waals surface area (Å²) >= 11 is 6.47. The summed E-state index contributed by atoms with van der Waals surface area (Å²) in [7, 11) is 1.31. The fourth-order valence-electron chi connectivity index (χ4n) is 3.30. The molecule has 0 spiro atoms. The van der Waals surface area contributed by atoms with Crippen molar-refractivity contribution in [2.45, 2.75) is 33.4 Å². The van der Waals surface area contributed by atoms with E-state index in [0.29, 0.717) is 17.3 Å². The van der Waals surface area contributed by atoms with E-state index in [1.54, 1.807) is 31.2 Å². The molecule has 0 saturated heterocycles. The number of nitrogens with zero attached hydrogens (tertiary/aromatic N) is 1. The van der Waals surface area contributed by atoms with Crippen molar-refractivity contribution in [3.8, 4) is 5.75 Å². The Morgan fingerprint density at radius 2 is 1.90 bits per heavy atom. The van der Waals surface area contributed by atoms with E-state index in [1.807, 2.05) is 26.0 Å². The van der Waals surface area contributed by atoms with Crippen LogP contribution in [0.15, 0.2) is 36.4 Å². The molecule has 0 aliphatic rings. The number of hydrogen-bond acceptors (Lipinski definition) is 4. The van der Waals surface area contributed by atoms with Crippen molar-refractivity contribution in [3.05, 3.63) is 63.8 Å². The number of ether oxygens (including phenoxy) is 2. The monoisotopic (exact) mass is 415 g/mol. The zero-order chi connectivity index (χ0) is 21.3. The van der Waals surface area contributed by atoms with Crippen molar-refractivity contribution < 1.29 is 24.2 Å². The van der Waals surface area contributed by atoms with Crippen LogP contribution in [0.3, 0.4) is 0 Å². The number of halogens is 1. The van der Waals surface area contributed by atoms with Crippen molar-refractivity contribution >= 4 is 34.4 Å². The Bertz CT molecular complexity index is 1100. The van der Waals surface area contributed by atoms with Crippen LogP contribution in [0.2, 0.25) is 5.02 Å². The molecule has 0 aliphatic carbocycles. The van der Waals surface area contributed by atoms with E-state index >= 15 is 0 Å². The largest absolute Gasteiger partial charge is 0.479 e. The van der Waals surface area contributed by atoms with Gasteiger partial charge in [0.05, 0.1) is 12.7 Å². The number of aromatic nitrogens is 1. The molecule has 1 atom stereocenters. The maximum absolute atomic E-state index is 11.5. The minimum atomic E-state index is -0.948. The SMILES string of the molecule is COC(=O)C(C)Oc1ccc(Cn2c(C)c(C)c3cc(C(=O)O)ccc32)c(Cl)c1. The molecule has 3 rings (SSSR count). The van der Waals surface area contributed by atoms with Crippen LogP contribution in [0.1, 0.15) is 34.1 Å². The van der Waals surface area contributed by atoms with E-state index in [1.165, 1.54) is 7.11 Å². The molecule has 0 aliphatic heterocycles. The van der Waals surface area contributed by atoms with Gasteiger partial charge in [0.25, 0.3) is 0 Å². The fourth-order valence-corrected chi connectivity index (χ4v) is 3.53. The molecular formula is C22H22ClNO5. The highest BCUT2D eigenvalue weighted by molar-refractivity contribution is 6.31. The number of methoxy groups -OCH3 is 1. The number of aryl methyl sites for hydroxylation is 1. The third kappa shape index (κ3) is 4.07. The van der Waals surface area contributed by atoms with Gasteiger partial charge in [-0.2, -0.15) is 0 Å². The van der Waals surface area contributed by atoms with Gasteiger partial charge in [0.15, 0.2) is 6.10 Å². The van der Waals surface area contributed by atoms with Gasteiger partial charge >= 0.3 is 11.9 Å². The highest BCUT2D eigenvalue weighted by Crippen LogP contribution is 2.30. The van der Waals surface area contributed by atoms with Gasteiger partial charge in [-0.1, -0.05) is 17.7 Å². The molecule has 2 aromatic carbocycles. The maximum atomic E-state index is 11.5. The average molecular weight is 416 g/mol. The molecule has 7 heteroatoms. The zero-order valence-corrected chi connectivity index (χ0v) is 17.4. The number of aromatic carboxylic acids is 1. The summed E-state index contributed by atoms with van der Waals surface area (Å²) in [5.74, 6) is -0.930. The molecule has 1 unspecified atom stereocenters. The molecule has 3 aromatic rings. The van der Waals surface area contributed by atoms with Gasteiger partial charge in [0, 0.05) is 28.2 Å². The van der Waals surface area contributed by atoms with Crippen LogP contribution < -0.4 is 4.74 Å². The lowest BCUT2D eigenvalue weighted by Gasteiger charge is -2.15. The Labute approximate surface area is 173 Å². The molecule has 1 N–H and O–H groups in total. The number of carboxylic acids is 1. The molecule has 0 fully saturated rings. The van der Waals surface area contributed by atoms with Crippen molar-refractivity contribution in [3.63, 3.8) is 0 Å². The molecule has 0 bridgehead atoms. The predicted molar refractivity (Wildman–Crippen MR) is 111 cm³/mol. The predicted octanol–water partition coefficient (Wildman–Crippen LogP) is 4.60. The Hall–Kier alpha value is -2.99. The number of benzene rings is 2. The number of carbonyl (C=O) groups excluding carboxylic acids is 1. The Morgan fingerprint density at radius 3 is 2.52 bits per heavy atom. The number of esters is 1. The molecule has 6 nitrogen and oxygen atoms in total. The van der Waals surface area contributed by atoms with Gasteiger partial charge in [-0.25, -0.2) is 9.59 Å². The fraction of sp³-hybridized carbons (Fsp3) is 0.273. The number of hydrogen-bond donors (Lipinski definition) is 1. The number of carboxylic acid groups (broad SMARTS) is 1. The van der Waals surface area contributed by atoms with E-state index < -0.39 is 18.0 Å². The summed E-state index contributed by atoms with van der Waals surface area (Å²) in [5, 5.41) is 10.7. The van der Waals surface area contributed by atoms with E-state index in [-0.39, 0.29) is 5.56 Å². The number of rotatable bonds is 6. The van der Waals surface area contributed by atoms with Crippen molar-refractivity contribution in [1.82, 2.24) is 4.57 Å². The topological polar surface area (TPSA) is 77.8 Å². The second kappa shape index (κ2) is 8.17. The van der Waals surface area contributed by atoms with E-state index in [0.717, 1.165) is 27.7 Å². The molecular weight excluding hydrogens is 394 g/mol. The van der Waals surface area contributed by atoms with E-state index in [9.17, 15) is 14.7 Å². The highest BCUT2D eigenvalue weighted by Gasteiger charge is 2.17. The molecule has 0 amide bonds. The standard InChI is InChI=1S/C22H22ClNO5/c1-12-13(2)24(20-8-6-15(21(25)26)9-18(12)20)11-16-5-7-17(10-19(16)23)29-14(3)22(27)28-4/h5-10,14H,11H2,1-4H3,(H,25,26). The number of carbonyl (C=O) groups is 2. The summed E-state index contributed by atoms with van der Waals surface area (Å²) in [4.78, 5) is 22.8. The molecule has 29 heavy (non-hydrogen) atoms. The highest BCUT2D eigenvalue weighted by atomic mass is 35.5. The van der Waals surface area contributed by atoms with Crippen LogP contribution in [0.5, 0.6) is 5.75 Å². The van der Waals surface area contributed by atoms with Gasteiger partial charge in [0.2, 0.25) is 0 Å². The number of fused-ring (bicyclic) bond motifs is 1. The molecule has 1 aromatic heterocycles. The second-order valence-corrected chi connectivity index (χ2v) is 7.28. The Balaban J connectivity index is 1.92. The summed E-state index contributed by atoms with van der Waals surface area (Å²) < 4.78 is 12.3. The summed E-state index contributed by atoms with van der Waals surface area (Å²) in [5.41, 5.74) is 4.16. The first-order valence-electron chi connectivity index (χ1n) is 9.08. The molecule has 1 heterocycles. The minimum Gasteiger partial charge on any atom is -0.479 e. The van der Waals surface area contributed by atoms with Gasteiger partial charge in [-0.3, -0.25) is 0 Å². The summed E-state index contributed by atoms with van der Waals surface area (Å²) in [6, 6.07) is 10.4. The first-order chi connectivity index (χ1) is 13.7. The normalized spacial score (nSPS) is 12.0. The average Bonchev–Trinajstić information content (AvgIpc) is 2.93. The van der Waals surface area contributed by atoms with Crippen LogP contribution in [-0.4, -0.2) is 34.8 Å². The molecule has 0 radical (unpaired) electrons. The summed E-state index contributed by atoms with van der Waals surface area (Å²) in [6.07, 6.45) is -0.733. The van der Waals surface area contributed by atoms with Crippen molar-refractivity contribution in [2.75, 3.05) is 7.11 Å². The van der Waals surface area contributed by atoms with E-state index in [2.05, 4.69) is 9.30 Å². The maximum Gasteiger partial charge on any atom is 0.346 e. The van der Waals surface area contributed by atoms with Crippen molar-refractivity contribution in [1.29, 1.82) is 0 Å². The van der Waals surface area contributed by atoms with Crippen LogP contribution >= 0.6 is 11.6 Å². The van der Waals surface area contributed by atoms with Gasteiger partial charge in [0.1, 0.15) is 5.75 Å². The Kier molecular flexibility index (Phi) is 5.84. The summed E-state index contributed by atoms with van der Waals surface area (Å²) in [6.45, 7) is 6.11. The third-order valence-electron chi connectivity index (χ3n) is 5.08. The zero-order valence-electron chi connectivity index (χ0n) is 16.7. The van der Waals surface area contributed by atoms with Crippen LogP contribution in [-0.2, 0) is 16.1 Å². The smallest absolute Gasteiger partial charge is 0.346 e. The van der Waals surface area contributed by atoms with Crippen LogP contribution in [0, 0.1) is 13.8 Å². The Morgan fingerprint density at radius 1 is 1.17 bits per heavy atom. The van der Waals surface area contributed by atoms with Gasteiger partial charge in [-0.15, -0.1) is 0 Å². The lowest BCUT2D eigenvalue weighted by molar-refractivity contribution is -0.147. The van der Waals surface area contributed by atoms with Gasteiger partial charge < -0.3 is 19.1 Å². The quantitative estimate of drug-likeness (QED) is 0.595. The van der Waals surface area contributed by atoms with Crippen molar-refractivity contribution in [2.24, 2.45) is 0 Å². The van der Waals surface area contributed by atoms with Gasteiger partial charge in [-0.05, 0) is 62.2 Å². The van der Waals surface area contributed by atoms with Crippen LogP contribution in [0.4, 0.5) is 0 Å². The van der Waals surface area contributed by atoms with Crippen LogP contribution in [0.25, 0.3) is 10.9 Å². The molecule has 152 valence electrons.